The van der Waals surface area contributed by atoms with Gasteiger partial charge in [0.2, 0.25) is 0 Å². The quantitative estimate of drug-likeness (QED) is 0.561. The lowest BCUT2D eigenvalue weighted by Gasteiger charge is -2.14. The van der Waals surface area contributed by atoms with E-state index in [1.54, 1.807) is 24.3 Å². The molecule has 0 aromatic heterocycles. The number of nitrogens with one attached hydrogen (secondary N) is 1. The first-order valence-electron chi connectivity index (χ1n) is 10.1. The third-order valence-electron chi connectivity index (χ3n) is 4.56. The molecule has 0 spiro atoms. The van der Waals surface area contributed by atoms with Crippen molar-refractivity contribution in [3.8, 4) is 11.5 Å². The van der Waals surface area contributed by atoms with E-state index in [-0.39, 0.29) is 30.5 Å². The number of hydrogen-bond acceptors (Lipinski definition) is 6. The van der Waals surface area contributed by atoms with Crippen LogP contribution < -0.4 is 14.8 Å². The van der Waals surface area contributed by atoms with E-state index in [0.717, 1.165) is 17.0 Å². The largest absolute Gasteiger partial charge is 0.573 e. The molecule has 0 radical (unpaired) electrons. The fourth-order valence-corrected chi connectivity index (χ4v) is 3.20. The topological polar surface area (TPSA) is 77.1 Å². The summed E-state index contributed by atoms with van der Waals surface area (Å²) in [7, 11) is 1.45. The van der Waals surface area contributed by atoms with Crippen molar-refractivity contribution in [2.45, 2.75) is 26.3 Å². The van der Waals surface area contributed by atoms with Crippen LogP contribution in [0.4, 0.5) is 18.9 Å². The fourth-order valence-electron chi connectivity index (χ4n) is 3.20. The third-order valence-corrected chi connectivity index (χ3v) is 4.56. The van der Waals surface area contributed by atoms with Gasteiger partial charge in [-0.1, -0.05) is 12.1 Å². The predicted octanol–water partition coefficient (Wildman–Crippen LogP) is 4.21. The number of rotatable bonds is 9. The molecule has 0 aliphatic carbocycles. The van der Waals surface area contributed by atoms with E-state index in [9.17, 15) is 22.8 Å². The van der Waals surface area contributed by atoms with Crippen molar-refractivity contribution in [2.75, 3.05) is 25.6 Å². The van der Waals surface area contributed by atoms with E-state index >= 15 is 0 Å². The molecule has 1 aliphatic rings. The number of benzene rings is 2. The minimum Gasteiger partial charge on any atom is -0.491 e. The Balaban J connectivity index is 1.93. The number of hydrogen-bond donors (Lipinski definition) is 1. The molecule has 0 bridgehead atoms. The highest BCUT2D eigenvalue weighted by atomic mass is 19.4. The van der Waals surface area contributed by atoms with Crippen molar-refractivity contribution in [1.29, 1.82) is 0 Å². The zero-order valence-corrected chi connectivity index (χ0v) is 18.2. The van der Waals surface area contributed by atoms with Crippen LogP contribution in [0.1, 0.15) is 19.4 Å². The summed E-state index contributed by atoms with van der Waals surface area (Å²) < 4.78 is 51.7. The Bertz CT molecular complexity index is 1030. The van der Waals surface area contributed by atoms with E-state index in [4.69, 9.17) is 9.47 Å². The molecule has 1 aliphatic heterocycles. The van der Waals surface area contributed by atoms with E-state index in [0.29, 0.717) is 17.0 Å². The van der Waals surface area contributed by atoms with Crippen LogP contribution in [0.2, 0.25) is 0 Å². The molecule has 2 aromatic rings. The minimum absolute atomic E-state index is 0.0121. The van der Waals surface area contributed by atoms with Gasteiger partial charge in [0.05, 0.1) is 24.8 Å². The van der Waals surface area contributed by atoms with E-state index in [2.05, 4.69) is 10.1 Å². The Morgan fingerprint density at radius 3 is 2.09 bits per heavy atom. The summed E-state index contributed by atoms with van der Waals surface area (Å²) in [6.45, 7) is 3.98. The zero-order valence-electron chi connectivity index (χ0n) is 18.2. The number of carbonyl (C=O) groups is 2. The van der Waals surface area contributed by atoms with Crippen molar-refractivity contribution < 1.29 is 37.0 Å². The van der Waals surface area contributed by atoms with Gasteiger partial charge in [0, 0.05) is 12.8 Å². The number of imide groups is 1. The molecule has 2 amide bonds. The van der Waals surface area contributed by atoms with Crippen LogP contribution in [0.3, 0.4) is 0 Å². The van der Waals surface area contributed by atoms with Gasteiger partial charge in [-0.15, -0.1) is 13.2 Å². The first-order valence-corrected chi connectivity index (χ1v) is 10.1. The SMILES string of the molecule is COCCN1C(=O)C(Nc2ccc(OC(F)(F)F)cc2)=C(c2ccc(OC(C)C)cc2)C1=O. The zero-order chi connectivity index (χ0) is 24.2. The number of methoxy groups -OCH3 is 1. The second-order valence-electron chi connectivity index (χ2n) is 7.39. The first-order chi connectivity index (χ1) is 15.6. The fraction of sp³-hybridized carbons (Fsp3) is 0.304. The molecule has 0 saturated carbocycles. The Hall–Kier alpha value is -3.53. The van der Waals surface area contributed by atoms with Gasteiger partial charge in [-0.2, -0.15) is 0 Å². The molecule has 0 saturated heterocycles. The lowest BCUT2D eigenvalue weighted by atomic mass is 10.0. The molecular weight excluding hydrogens is 441 g/mol. The molecular formula is C23H23F3N2O5. The summed E-state index contributed by atoms with van der Waals surface area (Å²) in [4.78, 5) is 27.1. The second kappa shape index (κ2) is 9.95. The van der Waals surface area contributed by atoms with Gasteiger partial charge >= 0.3 is 6.36 Å². The van der Waals surface area contributed by atoms with Crippen molar-refractivity contribution >= 4 is 23.1 Å². The molecule has 1 N–H and O–H groups in total. The number of nitrogens with zero attached hydrogens (tertiary/aromatic N) is 1. The van der Waals surface area contributed by atoms with E-state index in [1.807, 2.05) is 13.8 Å². The molecule has 10 heteroatoms. The summed E-state index contributed by atoms with van der Waals surface area (Å²) >= 11 is 0. The Labute approximate surface area is 188 Å². The van der Waals surface area contributed by atoms with Crippen molar-refractivity contribution in [1.82, 2.24) is 4.90 Å². The summed E-state index contributed by atoms with van der Waals surface area (Å²) in [6.07, 6.45) is -4.85. The first kappa shape index (κ1) is 24.1. The number of alkyl halides is 3. The maximum Gasteiger partial charge on any atom is 0.573 e. The average molecular weight is 464 g/mol. The van der Waals surface area contributed by atoms with Crippen LogP contribution >= 0.6 is 0 Å². The molecule has 0 fully saturated rings. The lowest BCUT2D eigenvalue weighted by Crippen LogP contribution is -2.35. The minimum atomic E-state index is -4.81. The van der Waals surface area contributed by atoms with Gasteiger partial charge < -0.3 is 19.5 Å². The summed E-state index contributed by atoms with van der Waals surface area (Å²) in [5, 5.41) is 2.87. The Morgan fingerprint density at radius 2 is 1.55 bits per heavy atom. The molecule has 7 nitrogen and oxygen atoms in total. The summed E-state index contributed by atoms with van der Waals surface area (Å²) in [6, 6.07) is 11.6. The van der Waals surface area contributed by atoms with Crippen LogP contribution in [0, 0.1) is 0 Å². The number of carbonyl (C=O) groups excluding carboxylic acids is 2. The Kier molecular flexibility index (Phi) is 7.27. The smallest absolute Gasteiger partial charge is 0.491 e. The Morgan fingerprint density at radius 1 is 0.939 bits per heavy atom. The van der Waals surface area contributed by atoms with Crippen LogP contribution in [0.15, 0.2) is 54.2 Å². The van der Waals surface area contributed by atoms with Gasteiger partial charge in [0.1, 0.15) is 17.2 Å². The van der Waals surface area contributed by atoms with Crippen LogP contribution in [-0.2, 0) is 14.3 Å². The number of ether oxygens (including phenoxy) is 3. The lowest BCUT2D eigenvalue weighted by molar-refractivity contribution is -0.274. The molecule has 0 unspecified atom stereocenters. The van der Waals surface area contributed by atoms with E-state index in [1.165, 1.54) is 19.2 Å². The molecule has 2 aromatic carbocycles. The van der Waals surface area contributed by atoms with Crippen molar-refractivity contribution in [3.63, 3.8) is 0 Å². The van der Waals surface area contributed by atoms with Crippen LogP contribution in [0.25, 0.3) is 5.57 Å². The number of anilines is 1. The van der Waals surface area contributed by atoms with Gasteiger partial charge in [-0.05, 0) is 55.8 Å². The molecule has 0 atom stereocenters. The average Bonchev–Trinajstić information content (AvgIpc) is 2.96. The molecule has 33 heavy (non-hydrogen) atoms. The van der Waals surface area contributed by atoms with Gasteiger partial charge in [-0.3, -0.25) is 14.5 Å². The second-order valence-corrected chi connectivity index (χ2v) is 7.39. The summed E-state index contributed by atoms with van der Waals surface area (Å²) in [5.41, 5.74) is 0.955. The monoisotopic (exact) mass is 464 g/mol. The van der Waals surface area contributed by atoms with Gasteiger partial charge in [0.25, 0.3) is 11.8 Å². The molecule has 176 valence electrons. The molecule has 1 heterocycles. The van der Waals surface area contributed by atoms with Gasteiger partial charge in [-0.25, -0.2) is 0 Å². The standard InChI is InChI=1S/C23H23F3N2O5/c1-14(2)32-17-8-4-15(5-9-17)19-20(22(30)28(21(19)29)12-13-31-3)27-16-6-10-18(11-7-16)33-23(24,25)26/h4-11,14,27H,12-13H2,1-3H3. The van der Waals surface area contributed by atoms with Gasteiger partial charge in [0.15, 0.2) is 0 Å². The highest BCUT2D eigenvalue weighted by Crippen LogP contribution is 2.32. The van der Waals surface area contributed by atoms with Crippen LogP contribution in [-0.4, -0.2) is 49.4 Å². The number of halogens is 3. The maximum absolute atomic E-state index is 13.1. The summed E-state index contributed by atoms with van der Waals surface area (Å²) in [5.74, 6) is -0.866. The highest BCUT2D eigenvalue weighted by Gasteiger charge is 2.39. The maximum atomic E-state index is 13.1. The van der Waals surface area contributed by atoms with Crippen molar-refractivity contribution in [2.24, 2.45) is 0 Å². The van der Waals surface area contributed by atoms with Crippen LogP contribution in [0.5, 0.6) is 11.5 Å². The highest BCUT2D eigenvalue weighted by molar-refractivity contribution is 6.36. The number of amides is 2. The van der Waals surface area contributed by atoms with E-state index < -0.39 is 23.9 Å². The predicted molar refractivity (Wildman–Crippen MR) is 114 cm³/mol. The molecule has 3 rings (SSSR count). The normalized spacial score (nSPS) is 14.3. The third kappa shape index (κ3) is 6.04. The van der Waals surface area contributed by atoms with Crippen molar-refractivity contribution in [3.05, 3.63) is 59.8 Å².